The second-order valence-corrected chi connectivity index (χ2v) is 5.53. The van der Waals surface area contributed by atoms with Crippen molar-refractivity contribution in [3.8, 4) is 6.07 Å². The summed E-state index contributed by atoms with van der Waals surface area (Å²) in [6.07, 6.45) is 4.65. The number of aromatic nitrogens is 2. The van der Waals surface area contributed by atoms with E-state index in [0.29, 0.717) is 55.8 Å². The van der Waals surface area contributed by atoms with Gasteiger partial charge in [-0.15, -0.1) is 0 Å². The summed E-state index contributed by atoms with van der Waals surface area (Å²) in [5, 5.41) is 12.8. The van der Waals surface area contributed by atoms with E-state index in [2.05, 4.69) is 21.4 Å². The molecule has 8 heteroatoms. The lowest BCUT2D eigenvalue weighted by molar-refractivity contribution is -0.130. The summed E-state index contributed by atoms with van der Waals surface area (Å²) < 4.78 is 5.29. The molecule has 0 spiro atoms. The highest BCUT2D eigenvalue weighted by Crippen LogP contribution is 2.15. The van der Waals surface area contributed by atoms with Gasteiger partial charge in [-0.3, -0.25) is 4.79 Å². The number of nitriles is 1. The fraction of sp³-hybridized carbons (Fsp3) is 0.571. The van der Waals surface area contributed by atoms with E-state index in [1.54, 1.807) is 0 Å². The van der Waals surface area contributed by atoms with Crippen molar-refractivity contribution < 1.29 is 9.53 Å². The van der Waals surface area contributed by atoms with E-state index >= 15 is 0 Å². The first-order valence-electron chi connectivity index (χ1n) is 7.15. The van der Waals surface area contributed by atoms with Crippen LogP contribution in [0.15, 0.2) is 11.4 Å². The van der Waals surface area contributed by atoms with E-state index < -0.39 is 0 Å². The predicted molar refractivity (Wildman–Crippen MR) is 83.7 cm³/mol. The summed E-state index contributed by atoms with van der Waals surface area (Å²) in [4.78, 5) is 22.0. The minimum absolute atomic E-state index is 0.141. The topological polar surface area (TPSA) is 91.1 Å². The van der Waals surface area contributed by atoms with Gasteiger partial charge in [-0.2, -0.15) is 5.26 Å². The van der Waals surface area contributed by atoms with Crippen molar-refractivity contribution in [1.82, 2.24) is 14.9 Å². The lowest BCUT2D eigenvalue weighted by Crippen LogP contribution is -2.33. The van der Waals surface area contributed by atoms with Gasteiger partial charge in [0.15, 0.2) is 5.16 Å². The van der Waals surface area contributed by atoms with Crippen LogP contribution in [0.25, 0.3) is 0 Å². The molecule has 1 amide bonds. The number of anilines is 1. The zero-order valence-electron chi connectivity index (χ0n) is 12.5. The van der Waals surface area contributed by atoms with Crippen LogP contribution < -0.4 is 5.32 Å². The normalized spacial score (nSPS) is 15.3. The van der Waals surface area contributed by atoms with Crippen LogP contribution in [0.3, 0.4) is 0 Å². The Morgan fingerprint density at radius 3 is 3.18 bits per heavy atom. The molecule has 1 aliphatic rings. The van der Waals surface area contributed by atoms with E-state index in [0.717, 1.165) is 6.42 Å². The first-order valence-corrected chi connectivity index (χ1v) is 8.37. The Labute approximate surface area is 134 Å². The second-order valence-electron chi connectivity index (χ2n) is 4.75. The molecule has 1 aromatic rings. The summed E-state index contributed by atoms with van der Waals surface area (Å²) in [6, 6.07) is 2.07. The number of nitrogens with zero attached hydrogens (tertiary/aromatic N) is 4. The Morgan fingerprint density at radius 1 is 1.55 bits per heavy atom. The van der Waals surface area contributed by atoms with Crippen molar-refractivity contribution in [3.05, 3.63) is 11.8 Å². The number of carbonyl (C=O) groups excluding carboxylic acids is 1. The van der Waals surface area contributed by atoms with Crippen molar-refractivity contribution in [3.63, 3.8) is 0 Å². The Balaban J connectivity index is 1.83. The van der Waals surface area contributed by atoms with Gasteiger partial charge in [-0.1, -0.05) is 11.8 Å². The smallest absolute Gasteiger partial charge is 0.224 e. The van der Waals surface area contributed by atoms with Gasteiger partial charge in [0.1, 0.15) is 17.5 Å². The SMILES string of the molecule is CSc1ncc(C#N)c(NCCCN2CCOCCC2=O)n1. The maximum Gasteiger partial charge on any atom is 0.224 e. The number of amides is 1. The van der Waals surface area contributed by atoms with E-state index in [9.17, 15) is 4.79 Å². The van der Waals surface area contributed by atoms with Gasteiger partial charge in [0.2, 0.25) is 5.91 Å². The number of ether oxygens (including phenoxy) is 1. The zero-order chi connectivity index (χ0) is 15.8. The van der Waals surface area contributed by atoms with Crippen LogP contribution in [0.1, 0.15) is 18.4 Å². The van der Waals surface area contributed by atoms with Gasteiger partial charge < -0.3 is 15.0 Å². The maximum absolute atomic E-state index is 11.8. The molecule has 1 aromatic heterocycles. The molecule has 0 radical (unpaired) electrons. The lowest BCUT2D eigenvalue weighted by atomic mass is 10.3. The standard InChI is InChI=1S/C14H19N5O2S/c1-22-14-17-10-11(9-15)13(18-14)16-4-2-5-19-6-8-21-7-3-12(19)20/h10H,2-8H2,1H3,(H,16,17,18). The minimum Gasteiger partial charge on any atom is -0.379 e. The van der Waals surface area contributed by atoms with Crippen molar-refractivity contribution in [2.75, 3.05) is 44.4 Å². The van der Waals surface area contributed by atoms with Crippen LogP contribution in [0, 0.1) is 11.3 Å². The molecule has 2 heterocycles. The molecule has 0 bridgehead atoms. The van der Waals surface area contributed by atoms with E-state index in [-0.39, 0.29) is 5.91 Å². The van der Waals surface area contributed by atoms with Crippen LogP contribution in [0.2, 0.25) is 0 Å². The number of hydrogen-bond acceptors (Lipinski definition) is 7. The van der Waals surface area contributed by atoms with Gasteiger partial charge in [0.25, 0.3) is 0 Å². The fourth-order valence-corrected chi connectivity index (χ4v) is 2.45. The second kappa shape index (κ2) is 8.56. The zero-order valence-corrected chi connectivity index (χ0v) is 13.4. The quantitative estimate of drug-likeness (QED) is 0.477. The van der Waals surface area contributed by atoms with Crippen LogP contribution >= 0.6 is 11.8 Å². The summed E-state index contributed by atoms with van der Waals surface area (Å²) in [5.74, 6) is 0.689. The molecule has 2 rings (SSSR count). The number of hydrogen-bond donors (Lipinski definition) is 1. The van der Waals surface area contributed by atoms with Crippen LogP contribution in [0.4, 0.5) is 5.82 Å². The van der Waals surface area contributed by atoms with Crippen molar-refractivity contribution in [2.45, 2.75) is 18.0 Å². The Kier molecular flexibility index (Phi) is 6.43. The molecule has 1 fully saturated rings. The third-order valence-electron chi connectivity index (χ3n) is 3.29. The monoisotopic (exact) mass is 321 g/mol. The fourth-order valence-electron chi connectivity index (χ4n) is 2.11. The molecule has 118 valence electrons. The van der Waals surface area contributed by atoms with E-state index in [4.69, 9.17) is 10.00 Å². The molecule has 1 aliphatic heterocycles. The van der Waals surface area contributed by atoms with Crippen LogP contribution in [-0.4, -0.2) is 59.9 Å². The van der Waals surface area contributed by atoms with Crippen molar-refractivity contribution >= 4 is 23.5 Å². The van der Waals surface area contributed by atoms with Crippen LogP contribution in [0.5, 0.6) is 0 Å². The molecule has 0 aromatic carbocycles. The number of nitrogens with one attached hydrogen (secondary N) is 1. The molecule has 0 atom stereocenters. The van der Waals surface area contributed by atoms with Gasteiger partial charge in [-0.05, 0) is 12.7 Å². The molecule has 0 saturated carbocycles. The highest BCUT2D eigenvalue weighted by Gasteiger charge is 2.16. The summed E-state index contributed by atoms with van der Waals surface area (Å²) in [6.45, 7) is 3.08. The first kappa shape index (κ1) is 16.5. The largest absolute Gasteiger partial charge is 0.379 e. The molecule has 1 N–H and O–H groups in total. The van der Waals surface area contributed by atoms with Gasteiger partial charge in [-0.25, -0.2) is 9.97 Å². The van der Waals surface area contributed by atoms with Crippen LogP contribution in [-0.2, 0) is 9.53 Å². The van der Waals surface area contributed by atoms with E-state index in [1.165, 1.54) is 18.0 Å². The van der Waals surface area contributed by atoms with Gasteiger partial charge in [0, 0.05) is 19.6 Å². The number of carbonyl (C=O) groups is 1. The first-order chi connectivity index (χ1) is 10.7. The maximum atomic E-state index is 11.8. The molecule has 22 heavy (non-hydrogen) atoms. The molecule has 0 aliphatic carbocycles. The third kappa shape index (κ3) is 4.58. The third-order valence-corrected chi connectivity index (χ3v) is 3.85. The van der Waals surface area contributed by atoms with Crippen molar-refractivity contribution in [1.29, 1.82) is 5.26 Å². The van der Waals surface area contributed by atoms with Gasteiger partial charge >= 0.3 is 0 Å². The molecular weight excluding hydrogens is 302 g/mol. The number of rotatable bonds is 6. The molecule has 7 nitrogen and oxygen atoms in total. The predicted octanol–water partition coefficient (Wildman–Crippen LogP) is 1.12. The average Bonchev–Trinajstić information content (AvgIpc) is 2.75. The molecular formula is C14H19N5O2S. The minimum atomic E-state index is 0.141. The Morgan fingerprint density at radius 2 is 2.41 bits per heavy atom. The molecule has 0 unspecified atom stereocenters. The van der Waals surface area contributed by atoms with Gasteiger partial charge in [0.05, 0.1) is 25.8 Å². The summed E-state index contributed by atoms with van der Waals surface area (Å²) >= 11 is 1.43. The Bertz CT molecular complexity index is 561. The highest BCUT2D eigenvalue weighted by molar-refractivity contribution is 7.98. The highest BCUT2D eigenvalue weighted by atomic mass is 32.2. The Hall–Kier alpha value is -1.85. The summed E-state index contributed by atoms with van der Waals surface area (Å²) in [5.41, 5.74) is 0.428. The molecule has 1 saturated heterocycles. The summed E-state index contributed by atoms with van der Waals surface area (Å²) in [7, 11) is 0. The lowest BCUT2D eigenvalue weighted by Gasteiger charge is -2.19. The van der Waals surface area contributed by atoms with Crippen molar-refractivity contribution in [2.24, 2.45) is 0 Å². The van der Waals surface area contributed by atoms with E-state index in [1.807, 2.05) is 11.2 Å². The average molecular weight is 321 g/mol. The number of thioether (sulfide) groups is 1.